The summed E-state index contributed by atoms with van der Waals surface area (Å²) in [6.07, 6.45) is 1.55. The third kappa shape index (κ3) is 3.86. The lowest BCUT2D eigenvalue weighted by Gasteiger charge is -2.09. The molecule has 0 aliphatic rings. The summed E-state index contributed by atoms with van der Waals surface area (Å²) in [5.41, 5.74) is 5.04. The smallest absolute Gasteiger partial charge is 0.289 e. The predicted octanol–water partition coefficient (Wildman–Crippen LogP) is 4.01. The first-order valence-corrected chi connectivity index (χ1v) is 9.28. The fourth-order valence-electron chi connectivity index (χ4n) is 3.20. The summed E-state index contributed by atoms with van der Waals surface area (Å²) in [7, 11) is 3.21. The van der Waals surface area contributed by atoms with Crippen LogP contribution in [0.15, 0.2) is 71.8 Å². The monoisotopic (exact) mass is 400 g/mol. The first kappa shape index (κ1) is 19.2. The maximum absolute atomic E-state index is 12.5. The highest BCUT2D eigenvalue weighted by Crippen LogP contribution is 2.36. The van der Waals surface area contributed by atoms with Crippen LogP contribution < -0.4 is 14.9 Å². The second-order valence-electron chi connectivity index (χ2n) is 6.51. The van der Waals surface area contributed by atoms with Crippen LogP contribution in [-0.4, -0.2) is 36.5 Å². The van der Waals surface area contributed by atoms with Gasteiger partial charge >= 0.3 is 0 Å². The van der Waals surface area contributed by atoms with Gasteiger partial charge in [0.2, 0.25) is 0 Å². The molecule has 0 radical (unpaired) electrons. The Morgan fingerprint density at radius 2 is 1.90 bits per heavy atom. The summed E-state index contributed by atoms with van der Waals surface area (Å²) < 4.78 is 10.7. The van der Waals surface area contributed by atoms with Crippen LogP contribution in [0.4, 0.5) is 0 Å². The Bertz CT molecular complexity index is 1230. The number of hydrazone groups is 1. The molecule has 1 amide bonds. The van der Waals surface area contributed by atoms with Gasteiger partial charge in [-0.2, -0.15) is 10.2 Å². The maximum atomic E-state index is 12.5. The highest BCUT2D eigenvalue weighted by Gasteiger charge is 2.16. The highest BCUT2D eigenvalue weighted by molar-refractivity contribution is 6.00. The van der Waals surface area contributed by atoms with Gasteiger partial charge in [-0.25, -0.2) is 5.43 Å². The molecule has 0 spiro atoms. The fourth-order valence-corrected chi connectivity index (χ4v) is 3.20. The van der Waals surface area contributed by atoms with Crippen LogP contribution in [-0.2, 0) is 0 Å². The first-order valence-electron chi connectivity index (χ1n) is 9.28. The van der Waals surface area contributed by atoms with Crippen LogP contribution in [0, 0.1) is 0 Å². The normalized spacial score (nSPS) is 11.0. The van der Waals surface area contributed by atoms with Gasteiger partial charge in [0.25, 0.3) is 5.91 Å². The lowest BCUT2D eigenvalue weighted by Crippen LogP contribution is -2.18. The largest absolute Gasteiger partial charge is 0.497 e. The Kier molecular flexibility index (Phi) is 5.43. The van der Waals surface area contributed by atoms with E-state index < -0.39 is 5.91 Å². The molecular weight excluding hydrogens is 380 g/mol. The standard InChI is InChI=1S/C23H20N4O3/c1-29-17-8-5-6-15(12-17)14-24-27-23(28)20-13-19(25-26-20)22-18-9-4-3-7-16(18)10-11-21(22)30-2/h3-14H,1-2H3,(H,25,26)(H,27,28)/b24-14+. The third-order valence-corrected chi connectivity index (χ3v) is 4.66. The van der Waals surface area contributed by atoms with Crippen molar-refractivity contribution < 1.29 is 14.3 Å². The van der Waals surface area contributed by atoms with Crippen molar-refractivity contribution in [3.8, 4) is 22.8 Å². The predicted molar refractivity (Wildman–Crippen MR) is 116 cm³/mol. The summed E-state index contributed by atoms with van der Waals surface area (Å²) in [4.78, 5) is 12.5. The lowest BCUT2D eigenvalue weighted by molar-refractivity contribution is 0.0950. The third-order valence-electron chi connectivity index (χ3n) is 4.66. The molecule has 4 rings (SSSR count). The number of ether oxygens (including phenoxy) is 2. The number of benzene rings is 3. The molecule has 0 unspecified atom stereocenters. The molecule has 1 heterocycles. The fraction of sp³-hybridized carbons (Fsp3) is 0.0870. The lowest BCUT2D eigenvalue weighted by atomic mass is 10.0. The highest BCUT2D eigenvalue weighted by atomic mass is 16.5. The maximum Gasteiger partial charge on any atom is 0.289 e. The quantitative estimate of drug-likeness (QED) is 0.378. The number of methoxy groups -OCH3 is 2. The molecule has 7 heteroatoms. The van der Waals surface area contributed by atoms with E-state index >= 15 is 0 Å². The Balaban J connectivity index is 1.56. The van der Waals surface area contributed by atoms with Gasteiger partial charge in [0.15, 0.2) is 0 Å². The minimum absolute atomic E-state index is 0.294. The van der Waals surface area contributed by atoms with Gasteiger partial charge in [-0.3, -0.25) is 9.89 Å². The number of fused-ring (bicyclic) bond motifs is 1. The minimum atomic E-state index is -0.396. The summed E-state index contributed by atoms with van der Waals surface area (Å²) in [6.45, 7) is 0. The van der Waals surface area contributed by atoms with E-state index in [0.717, 1.165) is 21.9 Å². The second kappa shape index (κ2) is 8.48. The Labute approximate surface area is 173 Å². The van der Waals surface area contributed by atoms with Gasteiger partial charge < -0.3 is 9.47 Å². The zero-order valence-electron chi connectivity index (χ0n) is 16.5. The number of nitrogens with one attached hydrogen (secondary N) is 2. The van der Waals surface area contributed by atoms with Crippen molar-refractivity contribution in [2.75, 3.05) is 14.2 Å². The topological polar surface area (TPSA) is 88.6 Å². The molecule has 1 aromatic heterocycles. The molecule has 7 nitrogen and oxygen atoms in total. The molecule has 3 aromatic carbocycles. The molecular formula is C23H20N4O3. The van der Waals surface area contributed by atoms with E-state index in [1.807, 2.05) is 60.7 Å². The van der Waals surface area contributed by atoms with E-state index in [1.54, 1.807) is 26.5 Å². The van der Waals surface area contributed by atoms with Gasteiger partial charge in [-0.05, 0) is 40.6 Å². The average Bonchev–Trinajstić information content (AvgIpc) is 3.28. The molecule has 0 bridgehead atoms. The molecule has 4 aromatic rings. The van der Waals surface area contributed by atoms with Gasteiger partial charge in [0, 0.05) is 0 Å². The number of carbonyl (C=O) groups is 1. The number of rotatable bonds is 6. The summed E-state index contributed by atoms with van der Waals surface area (Å²) in [5, 5.41) is 13.2. The van der Waals surface area contributed by atoms with Crippen LogP contribution in [0.3, 0.4) is 0 Å². The van der Waals surface area contributed by atoms with Crippen molar-refractivity contribution in [1.82, 2.24) is 15.6 Å². The van der Waals surface area contributed by atoms with Gasteiger partial charge in [-0.15, -0.1) is 0 Å². The van der Waals surface area contributed by atoms with Crippen molar-refractivity contribution in [1.29, 1.82) is 0 Å². The average molecular weight is 400 g/mol. The van der Waals surface area contributed by atoms with Crippen LogP contribution >= 0.6 is 0 Å². The molecule has 0 saturated carbocycles. The molecule has 0 atom stereocenters. The van der Waals surface area contributed by atoms with Gasteiger partial charge in [0.05, 0.1) is 31.7 Å². The number of aromatic amines is 1. The number of amides is 1. The van der Waals surface area contributed by atoms with Gasteiger partial charge in [-0.1, -0.05) is 42.5 Å². The van der Waals surface area contributed by atoms with Crippen molar-refractivity contribution in [2.45, 2.75) is 0 Å². The van der Waals surface area contributed by atoms with Gasteiger partial charge in [0.1, 0.15) is 17.2 Å². The number of hydrogen-bond donors (Lipinski definition) is 2. The van der Waals surface area contributed by atoms with E-state index in [1.165, 1.54) is 0 Å². The van der Waals surface area contributed by atoms with E-state index in [4.69, 9.17) is 9.47 Å². The Morgan fingerprint density at radius 1 is 1.03 bits per heavy atom. The number of aromatic nitrogens is 2. The molecule has 2 N–H and O–H groups in total. The first-order chi connectivity index (χ1) is 14.7. The number of nitrogens with zero attached hydrogens (tertiary/aromatic N) is 2. The van der Waals surface area contributed by atoms with Crippen LogP contribution in [0.25, 0.3) is 22.0 Å². The van der Waals surface area contributed by atoms with E-state index in [-0.39, 0.29) is 0 Å². The molecule has 0 saturated heterocycles. The molecule has 0 aliphatic heterocycles. The summed E-state index contributed by atoms with van der Waals surface area (Å²) >= 11 is 0. The van der Waals surface area contributed by atoms with E-state index in [9.17, 15) is 4.79 Å². The molecule has 0 aliphatic carbocycles. The SMILES string of the molecule is COc1cccc(/C=N/NC(=O)c2cc(-c3c(OC)ccc4ccccc34)n[nH]2)c1. The molecule has 150 valence electrons. The summed E-state index contributed by atoms with van der Waals surface area (Å²) in [6, 6.07) is 20.9. The van der Waals surface area contributed by atoms with Crippen LogP contribution in [0.1, 0.15) is 16.1 Å². The van der Waals surface area contributed by atoms with Crippen LogP contribution in [0.5, 0.6) is 11.5 Å². The van der Waals surface area contributed by atoms with Crippen molar-refractivity contribution >= 4 is 22.9 Å². The second-order valence-corrected chi connectivity index (χ2v) is 6.51. The zero-order valence-corrected chi connectivity index (χ0v) is 16.5. The molecule has 0 fully saturated rings. The van der Waals surface area contributed by atoms with Crippen LogP contribution in [0.2, 0.25) is 0 Å². The number of carbonyl (C=O) groups excluding carboxylic acids is 1. The zero-order chi connectivity index (χ0) is 20.9. The number of H-pyrrole nitrogens is 1. The summed E-state index contributed by atoms with van der Waals surface area (Å²) in [5.74, 6) is 1.00. The Morgan fingerprint density at radius 3 is 2.73 bits per heavy atom. The van der Waals surface area contributed by atoms with E-state index in [2.05, 4.69) is 20.7 Å². The van der Waals surface area contributed by atoms with Crippen molar-refractivity contribution in [3.05, 3.63) is 78.0 Å². The minimum Gasteiger partial charge on any atom is -0.497 e. The molecule has 30 heavy (non-hydrogen) atoms. The Hall–Kier alpha value is -4.13. The van der Waals surface area contributed by atoms with E-state index in [0.29, 0.717) is 22.9 Å². The van der Waals surface area contributed by atoms with Crippen molar-refractivity contribution in [2.24, 2.45) is 5.10 Å². The number of hydrogen-bond acceptors (Lipinski definition) is 5. The van der Waals surface area contributed by atoms with Crippen molar-refractivity contribution in [3.63, 3.8) is 0 Å².